The first-order chi connectivity index (χ1) is 8.19. The van der Waals surface area contributed by atoms with Crippen LogP contribution in [0.1, 0.15) is 11.1 Å². The zero-order valence-corrected chi connectivity index (χ0v) is 11.8. The van der Waals surface area contributed by atoms with Gasteiger partial charge in [0.25, 0.3) is 0 Å². The molecule has 0 heterocycles. The van der Waals surface area contributed by atoms with E-state index in [0.717, 1.165) is 27.2 Å². The molecule has 0 radical (unpaired) electrons. The molecule has 0 fully saturated rings. The van der Waals surface area contributed by atoms with Crippen molar-refractivity contribution < 1.29 is 4.74 Å². The fourth-order valence-corrected chi connectivity index (χ4v) is 2.37. The number of methoxy groups -OCH3 is 1. The van der Waals surface area contributed by atoms with Crippen LogP contribution in [0.5, 0.6) is 5.75 Å². The van der Waals surface area contributed by atoms with Gasteiger partial charge < -0.3 is 4.74 Å². The summed E-state index contributed by atoms with van der Waals surface area (Å²) in [5, 5.41) is 0.787. The zero-order chi connectivity index (χ0) is 12.3. The van der Waals surface area contributed by atoms with Gasteiger partial charge in [0.1, 0.15) is 5.75 Å². The summed E-state index contributed by atoms with van der Waals surface area (Å²) in [4.78, 5) is 0. The molecule has 0 aliphatic heterocycles. The van der Waals surface area contributed by atoms with E-state index in [4.69, 9.17) is 16.3 Å². The highest BCUT2D eigenvalue weighted by molar-refractivity contribution is 9.10. The molecule has 0 amide bonds. The summed E-state index contributed by atoms with van der Waals surface area (Å²) < 4.78 is 6.13. The molecule has 0 saturated carbocycles. The molecular weight excluding hydrogens is 300 g/mol. The van der Waals surface area contributed by atoms with Gasteiger partial charge in [-0.25, -0.2) is 0 Å². The van der Waals surface area contributed by atoms with Gasteiger partial charge in [0.05, 0.1) is 7.11 Å². The standard InChI is InChI=1S/C14H12BrClO/c1-17-13-6-2-10(3-7-13)8-11-4-5-12(15)9-14(11)16/h2-7,9H,8H2,1H3. The molecule has 88 valence electrons. The van der Waals surface area contributed by atoms with Crippen LogP contribution >= 0.6 is 27.5 Å². The molecule has 0 saturated heterocycles. The van der Waals surface area contributed by atoms with Gasteiger partial charge in [-0.3, -0.25) is 0 Å². The van der Waals surface area contributed by atoms with Crippen LogP contribution in [0.2, 0.25) is 5.02 Å². The number of rotatable bonds is 3. The lowest BCUT2D eigenvalue weighted by Gasteiger charge is -2.06. The van der Waals surface area contributed by atoms with Crippen molar-refractivity contribution in [2.24, 2.45) is 0 Å². The fourth-order valence-electron chi connectivity index (χ4n) is 1.63. The fraction of sp³-hybridized carbons (Fsp3) is 0.143. The predicted octanol–water partition coefficient (Wildman–Crippen LogP) is 4.70. The molecule has 0 spiro atoms. The van der Waals surface area contributed by atoms with Crippen LogP contribution in [0, 0.1) is 0 Å². The summed E-state index contributed by atoms with van der Waals surface area (Å²) in [5.41, 5.74) is 2.34. The highest BCUT2D eigenvalue weighted by Crippen LogP contribution is 2.24. The summed E-state index contributed by atoms with van der Waals surface area (Å²) in [6.45, 7) is 0. The second-order valence-corrected chi connectivity index (χ2v) is 5.08. The van der Waals surface area contributed by atoms with Crippen LogP contribution in [0.25, 0.3) is 0 Å². The Labute approximate surface area is 115 Å². The Bertz CT molecular complexity index is 508. The number of benzene rings is 2. The Kier molecular flexibility index (Phi) is 4.08. The minimum absolute atomic E-state index is 0.787. The maximum absolute atomic E-state index is 6.18. The van der Waals surface area contributed by atoms with Crippen molar-refractivity contribution in [1.82, 2.24) is 0 Å². The van der Waals surface area contributed by atoms with Crippen LogP contribution in [-0.2, 0) is 6.42 Å². The third-order valence-electron chi connectivity index (χ3n) is 2.57. The summed E-state index contributed by atoms with van der Waals surface area (Å²) in [6, 6.07) is 14.0. The van der Waals surface area contributed by atoms with Crippen LogP contribution < -0.4 is 4.74 Å². The second kappa shape index (κ2) is 5.56. The number of halogens is 2. The second-order valence-electron chi connectivity index (χ2n) is 3.76. The Morgan fingerprint density at radius 1 is 1.12 bits per heavy atom. The highest BCUT2D eigenvalue weighted by atomic mass is 79.9. The molecule has 3 heteroatoms. The van der Waals surface area contributed by atoms with Crippen molar-refractivity contribution in [3.05, 3.63) is 63.1 Å². The predicted molar refractivity (Wildman–Crippen MR) is 75.0 cm³/mol. The Morgan fingerprint density at radius 2 is 1.82 bits per heavy atom. The minimum Gasteiger partial charge on any atom is -0.497 e. The van der Waals surface area contributed by atoms with E-state index < -0.39 is 0 Å². The lowest BCUT2D eigenvalue weighted by Crippen LogP contribution is -1.90. The maximum atomic E-state index is 6.18. The van der Waals surface area contributed by atoms with Crippen molar-refractivity contribution in [3.8, 4) is 5.75 Å². The third kappa shape index (κ3) is 3.24. The largest absolute Gasteiger partial charge is 0.497 e. The molecule has 0 bridgehead atoms. The lowest BCUT2D eigenvalue weighted by atomic mass is 10.1. The van der Waals surface area contributed by atoms with Gasteiger partial charge in [0.2, 0.25) is 0 Å². The minimum atomic E-state index is 0.787. The molecule has 2 aromatic rings. The molecule has 0 aliphatic rings. The quantitative estimate of drug-likeness (QED) is 0.798. The van der Waals surface area contributed by atoms with Crippen LogP contribution in [0.3, 0.4) is 0 Å². The van der Waals surface area contributed by atoms with E-state index in [1.807, 2.05) is 30.3 Å². The smallest absolute Gasteiger partial charge is 0.118 e. The van der Waals surface area contributed by atoms with Gasteiger partial charge in [-0.1, -0.05) is 45.7 Å². The first-order valence-corrected chi connectivity index (χ1v) is 6.43. The molecule has 2 rings (SSSR count). The van der Waals surface area contributed by atoms with E-state index >= 15 is 0 Å². The summed E-state index contributed by atoms with van der Waals surface area (Å²) in [5.74, 6) is 0.871. The van der Waals surface area contributed by atoms with Crippen LogP contribution in [0.15, 0.2) is 46.9 Å². The summed E-state index contributed by atoms with van der Waals surface area (Å²) in [7, 11) is 1.67. The third-order valence-corrected chi connectivity index (χ3v) is 3.41. The van der Waals surface area contributed by atoms with E-state index in [-0.39, 0.29) is 0 Å². The average Bonchev–Trinajstić information content (AvgIpc) is 2.34. The van der Waals surface area contributed by atoms with E-state index in [1.54, 1.807) is 7.11 Å². The molecule has 0 atom stereocenters. The Balaban J connectivity index is 2.19. The molecule has 2 aromatic carbocycles. The average molecular weight is 312 g/mol. The van der Waals surface area contributed by atoms with E-state index in [0.29, 0.717) is 0 Å². The van der Waals surface area contributed by atoms with Gasteiger partial charge in [-0.15, -0.1) is 0 Å². The van der Waals surface area contributed by atoms with Gasteiger partial charge in [-0.2, -0.15) is 0 Å². The number of ether oxygens (including phenoxy) is 1. The molecular formula is C14H12BrClO. The van der Waals surface area contributed by atoms with Crippen LogP contribution in [-0.4, -0.2) is 7.11 Å². The normalized spacial score (nSPS) is 10.3. The van der Waals surface area contributed by atoms with Crippen molar-refractivity contribution >= 4 is 27.5 Å². The Morgan fingerprint density at radius 3 is 2.41 bits per heavy atom. The molecule has 1 nitrogen and oxygen atoms in total. The van der Waals surface area contributed by atoms with Gasteiger partial charge >= 0.3 is 0 Å². The molecule has 0 aliphatic carbocycles. The topological polar surface area (TPSA) is 9.23 Å². The van der Waals surface area contributed by atoms with E-state index in [1.165, 1.54) is 5.56 Å². The first-order valence-electron chi connectivity index (χ1n) is 5.26. The van der Waals surface area contributed by atoms with Crippen molar-refractivity contribution in [3.63, 3.8) is 0 Å². The molecule has 0 N–H and O–H groups in total. The maximum Gasteiger partial charge on any atom is 0.118 e. The summed E-state index contributed by atoms with van der Waals surface area (Å²) >= 11 is 9.58. The lowest BCUT2D eigenvalue weighted by molar-refractivity contribution is 0.414. The SMILES string of the molecule is COc1ccc(Cc2ccc(Br)cc2Cl)cc1. The number of hydrogen-bond acceptors (Lipinski definition) is 1. The Hall–Kier alpha value is -0.990. The zero-order valence-electron chi connectivity index (χ0n) is 9.41. The van der Waals surface area contributed by atoms with Crippen LogP contribution in [0.4, 0.5) is 0 Å². The van der Waals surface area contributed by atoms with E-state index in [9.17, 15) is 0 Å². The molecule has 0 unspecified atom stereocenters. The monoisotopic (exact) mass is 310 g/mol. The number of hydrogen-bond donors (Lipinski definition) is 0. The molecule has 17 heavy (non-hydrogen) atoms. The van der Waals surface area contributed by atoms with Gasteiger partial charge in [0, 0.05) is 9.50 Å². The van der Waals surface area contributed by atoms with Crippen molar-refractivity contribution in [2.45, 2.75) is 6.42 Å². The van der Waals surface area contributed by atoms with Crippen molar-refractivity contribution in [2.75, 3.05) is 7.11 Å². The van der Waals surface area contributed by atoms with E-state index in [2.05, 4.69) is 28.1 Å². The van der Waals surface area contributed by atoms with Gasteiger partial charge in [-0.05, 0) is 41.8 Å². The van der Waals surface area contributed by atoms with Crippen molar-refractivity contribution in [1.29, 1.82) is 0 Å². The summed E-state index contributed by atoms with van der Waals surface area (Å²) in [6.07, 6.45) is 0.829. The van der Waals surface area contributed by atoms with Gasteiger partial charge in [0.15, 0.2) is 0 Å². The first kappa shape index (κ1) is 12.5. The molecule has 0 aromatic heterocycles. The highest BCUT2D eigenvalue weighted by Gasteiger charge is 2.02.